The molecule has 0 bridgehead atoms. The summed E-state index contributed by atoms with van der Waals surface area (Å²) in [6, 6.07) is 3.92. The van der Waals surface area contributed by atoms with Gasteiger partial charge in [-0.3, -0.25) is 5.32 Å². The van der Waals surface area contributed by atoms with Crippen LogP contribution in [0.4, 0.5) is 0 Å². The maximum atomic E-state index is 9.73. The van der Waals surface area contributed by atoms with Crippen molar-refractivity contribution in [2.75, 3.05) is 13.6 Å². The highest BCUT2D eigenvalue weighted by molar-refractivity contribution is 5.16. The number of rotatable bonds is 8. The summed E-state index contributed by atoms with van der Waals surface area (Å²) in [5.41, 5.74) is -0.219. The molecule has 3 nitrogen and oxygen atoms in total. The number of hydrogen-bond acceptors (Lipinski definition) is 3. The second-order valence-electron chi connectivity index (χ2n) is 7.84. The van der Waals surface area contributed by atoms with E-state index in [1.54, 1.807) is 0 Å². The van der Waals surface area contributed by atoms with Gasteiger partial charge < -0.3 is 4.90 Å². The standard InChI is InChI=1S/C18H33N3/c1-14(2)12-15(3)21(4)11-9-16-6-5-10-18(16,13-19)20-17-7-8-17/h14-17,20H,5-12H2,1-4H3. The highest BCUT2D eigenvalue weighted by Gasteiger charge is 2.45. The van der Waals surface area contributed by atoms with Crippen molar-refractivity contribution in [1.29, 1.82) is 5.26 Å². The van der Waals surface area contributed by atoms with Gasteiger partial charge >= 0.3 is 0 Å². The van der Waals surface area contributed by atoms with Crippen LogP contribution in [0.2, 0.25) is 0 Å². The molecule has 2 saturated carbocycles. The first-order chi connectivity index (χ1) is 9.97. The number of hydrogen-bond donors (Lipinski definition) is 1. The zero-order chi connectivity index (χ0) is 15.5. The minimum atomic E-state index is -0.219. The summed E-state index contributed by atoms with van der Waals surface area (Å²) in [6.07, 6.45) is 8.43. The molecule has 3 atom stereocenters. The van der Waals surface area contributed by atoms with Crippen molar-refractivity contribution in [1.82, 2.24) is 10.2 Å². The van der Waals surface area contributed by atoms with Gasteiger partial charge in [-0.25, -0.2) is 0 Å². The lowest BCUT2D eigenvalue weighted by Crippen LogP contribution is -2.49. The molecule has 0 saturated heterocycles. The summed E-state index contributed by atoms with van der Waals surface area (Å²) in [7, 11) is 2.24. The van der Waals surface area contributed by atoms with Gasteiger partial charge in [0.15, 0.2) is 0 Å². The predicted octanol–water partition coefficient (Wildman–Crippen LogP) is 3.56. The van der Waals surface area contributed by atoms with Crippen LogP contribution in [0.15, 0.2) is 0 Å². The molecule has 0 spiro atoms. The number of nitrogens with one attached hydrogen (secondary N) is 1. The second-order valence-corrected chi connectivity index (χ2v) is 7.84. The smallest absolute Gasteiger partial charge is 0.109 e. The topological polar surface area (TPSA) is 39.1 Å². The predicted molar refractivity (Wildman–Crippen MR) is 88.0 cm³/mol. The van der Waals surface area contributed by atoms with Crippen molar-refractivity contribution < 1.29 is 0 Å². The van der Waals surface area contributed by atoms with Gasteiger partial charge in [0, 0.05) is 12.1 Å². The highest BCUT2D eigenvalue weighted by atomic mass is 15.1. The van der Waals surface area contributed by atoms with Crippen LogP contribution < -0.4 is 5.32 Å². The van der Waals surface area contributed by atoms with Crippen LogP contribution in [0, 0.1) is 23.2 Å². The Balaban J connectivity index is 1.84. The van der Waals surface area contributed by atoms with Gasteiger partial charge in [0.05, 0.1) is 6.07 Å². The van der Waals surface area contributed by atoms with Crippen LogP contribution in [-0.4, -0.2) is 36.1 Å². The highest BCUT2D eigenvalue weighted by Crippen LogP contribution is 2.40. The van der Waals surface area contributed by atoms with Gasteiger partial charge in [0.2, 0.25) is 0 Å². The second kappa shape index (κ2) is 7.11. The van der Waals surface area contributed by atoms with Crippen molar-refractivity contribution >= 4 is 0 Å². The average Bonchev–Trinajstić information content (AvgIpc) is 3.15. The van der Waals surface area contributed by atoms with E-state index in [1.807, 2.05) is 0 Å². The van der Waals surface area contributed by atoms with E-state index in [4.69, 9.17) is 0 Å². The normalized spacial score (nSPS) is 30.8. The van der Waals surface area contributed by atoms with Gasteiger partial charge in [0.1, 0.15) is 5.54 Å². The Hall–Kier alpha value is -0.590. The fourth-order valence-corrected chi connectivity index (χ4v) is 3.87. The van der Waals surface area contributed by atoms with E-state index >= 15 is 0 Å². The summed E-state index contributed by atoms with van der Waals surface area (Å²) in [5.74, 6) is 1.29. The Labute approximate surface area is 131 Å². The van der Waals surface area contributed by atoms with E-state index < -0.39 is 0 Å². The van der Waals surface area contributed by atoms with Crippen molar-refractivity contribution in [3.63, 3.8) is 0 Å². The molecule has 2 aliphatic carbocycles. The lowest BCUT2D eigenvalue weighted by Gasteiger charge is -2.33. The summed E-state index contributed by atoms with van der Waals surface area (Å²) in [5, 5.41) is 13.4. The Morgan fingerprint density at radius 2 is 2.00 bits per heavy atom. The van der Waals surface area contributed by atoms with E-state index in [-0.39, 0.29) is 5.54 Å². The van der Waals surface area contributed by atoms with E-state index in [0.29, 0.717) is 18.0 Å². The van der Waals surface area contributed by atoms with Crippen LogP contribution in [-0.2, 0) is 0 Å². The average molecular weight is 291 g/mol. The first-order valence-electron chi connectivity index (χ1n) is 8.86. The van der Waals surface area contributed by atoms with E-state index in [0.717, 1.165) is 25.3 Å². The first kappa shape index (κ1) is 16.8. The molecule has 2 fully saturated rings. The van der Waals surface area contributed by atoms with Crippen molar-refractivity contribution in [2.24, 2.45) is 11.8 Å². The van der Waals surface area contributed by atoms with Gasteiger partial charge in [-0.05, 0) is 70.9 Å². The first-order valence-corrected chi connectivity index (χ1v) is 8.86. The molecule has 21 heavy (non-hydrogen) atoms. The van der Waals surface area contributed by atoms with Gasteiger partial charge in [-0.15, -0.1) is 0 Å². The van der Waals surface area contributed by atoms with Gasteiger partial charge in [-0.2, -0.15) is 5.26 Å². The molecule has 3 unspecified atom stereocenters. The van der Waals surface area contributed by atoms with Gasteiger partial charge in [0.25, 0.3) is 0 Å². The molecule has 2 aliphatic rings. The molecule has 0 aromatic carbocycles. The van der Waals surface area contributed by atoms with E-state index in [9.17, 15) is 5.26 Å². The van der Waals surface area contributed by atoms with Crippen molar-refractivity contribution in [2.45, 2.75) is 83.3 Å². The molecule has 1 N–H and O–H groups in total. The third kappa shape index (κ3) is 4.44. The fourth-order valence-electron chi connectivity index (χ4n) is 3.87. The molecule has 2 rings (SSSR count). The van der Waals surface area contributed by atoms with Crippen LogP contribution in [0.3, 0.4) is 0 Å². The monoisotopic (exact) mass is 291 g/mol. The molecular formula is C18H33N3. The third-order valence-corrected chi connectivity index (χ3v) is 5.45. The molecule has 0 radical (unpaired) electrons. The van der Waals surface area contributed by atoms with Crippen LogP contribution in [0.1, 0.15) is 65.7 Å². The quantitative estimate of drug-likeness (QED) is 0.743. The zero-order valence-corrected chi connectivity index (χ0v) is 14.4. The maximum absolute atomic E-state index is 9.73. The zero-order valence-electron chi connectivity index (χ0n) is 14.4. The fraction of sp³-hybridized carbons (Fsp3) is 0.944. The third-order valence-electron chi connectivity index (χ3n) is 5.45. The molecule has 0 aliphatic heterocycles. The van der Waals surface area contributed by atoms with Crippen LogP contribution >= 0.6 is 0 Å². The largest absolute Gasteiger partial charge is 0.304 e. The van der Waals surface area contributed by atoms with E-state index in [2.05, 4.69) is 44.1 Å². The molecular weight excluding hydrogens is 258 g/mol. The molecule has 3 heteroatoms. The lowest BCUT2D eigenvalue weighted by atomic mass is 9.85. The Morgan fingerprint density at radius 1 is 1.29 bits per heavy atom. The maximum Gasteiger partial charge on any atom is 0.109 e. The number of nitriles is 1. The molecule has 0 aromatic heterocycles. The van der Waals surface area contributed by atoms with Crippen molar-refractivity contribution in [3.05, 3.63) is 0 Å². The van der Waals surface area contributed by atoms with E-state index in [1.165, 1.54) is 32.1 Å². The molecule has 120 valence electrons. The number of nitrogens with zero attached hydrogens (tertiary/aromatic N) is 2. The Morgan fingerprint density at radius 3 is 2.57 bits per heavy atom. The SMILES string of the molecule is CC(C)CC(C)N(C)CCC1CCCC1(C#N)NC1CC1. The summed E-state index contributed by atoms with van der Waals surface area (Å²) >= 11 is 0. The van der Waals surface area contributed by atoms with Crippen LogP contribution in [0.5, 0.6) is 0 Å². The Kier molecular flexibility index (Phi) is 5.68. The lowest BCUT2D eigenvalue weighted by molar-refractivity contribution is 0.195. The molecule has 0 amide bonds. The summed E-state index contributed by atoms with van der Waals surface area (Å²) < 4.78 is 0. The minimum Gasteiger partial charge on any atom is -0.304 e. The molecule has 0 heterocycles. The minimum absolute atomic E-state index is 0.219. The van der Waals surface area contributed by atoms with Crippen LogP contribution in [0.25, 0.3) is 0 Å². The van der Waals surface area contributed by atoms with Crippen molar-refractivity contribution in [3.8, 4) is 6.07 Å². The molecule has 0 aromatic rings. The summed E-state index contributed by atoms with van der Waals surface area (Å²) in [6.45, 7) is 8.03. The Bertz CT molecular complexity index is 369. The van der Waals surface area contributed by atoms with Gasteiger partial charge in [-0.1, -0.05) is 20.3 Å². The summed E-state index contributed by atoms with van der Waals surface area (Å²) in [4.78, 5) is 2.48.